The van der Waals surface area contributed by atoms with E-state index in [4.69, 9.17) is 15.3 Å². The van der Waals surface area contributed by atoms with Crippen LogP contribution in [0.3, 0.4) is 0 Å². The van der Waals surface area contributed by atoms with Crippen LogP contribution in [-0.2, 0) is 14.3 Å². The van der Waals surface area contributed by atoms with Crippen molar-refractivity contribution in [1.29, 1.82) is 0 Å². The van der Waals surface area contributed by atoms with Gasteiger partial charge in [-0.15, -0.1) is 0 Å². The number of nitrogens with zero attached hydrogens (tertiary/aromatic N) is 1. The van der Waals surface area contributed by atoms with Crippen molar-refractivity contribution < 1.29 is 14.3 Å². The van der Waals surface area contributed by atoms with Gasteiger partial charge in [0.25, 0.3) is 0 Å². The maximum atomic E-state index is 11.6. The lowest BCUT2D eigenvalue weighted by Gasteiger charge is -2.30. The van der Waals surface area contributed by atoms with Gasteiger partial charge in [-0.25, -0.2) is 5.84 Å². The number of hydrogen-bond donors (Lipinski definition) is 2. The summed E-state index contributed by atoms with van der Waals surface area (Å²) in [4.78, 5) is 13.7. The quantitative estimate of drug-likeness (QED) is 0.329. The Hall–Kier alpha value is -0.690. The summed E-state index contributed by atoms with van der Waals surface area (Å²) >= 11 is 0. The molecule has 0 atom stereocenters. The summed E-state index contributed by atoms with van der Waals surface area (Å²) in [5.41, 5.74) is 1.66. The Bertz CT molecular complexity index is 214. The Kier molecular flexibility index (Phi) is 8.07. The lowest BCUT2D eigenvalue weighted by molar-refractivity contribution is -0.130. The SMILES string of the molecule is COCCN(CCOC)CC(C)(C)C(=O)NN. The van der Waals surface area contributed by atoms with Gasteiger partial charge in [0.1, 0.15) is 0 Å². The standard InChI is InChI=1S/C11H25N3O3/c1-11(2,10(15)13-12)9-14(5-7-16-3)6-8-17-4/h5-9,12H2,1-4H3,(H,13,15). The van der Waals surface area contributed by atoms with Gasteiger partial charge in [0.2, 0.25) is 5.91 Å². The van der Waals surface area contributed by atoms with Crippen molar-refractivity contribution in [3.63, 3.8) is 0 Å². The molecule has 17 heavy (non-hydrogen) atoms. The number of methoxy groups -OCH3 is 2. The van der Waals surface area contributed by atoms with Crippen LogP contribution in [0.2, 0.25) is 0 Å². The molecule has 0 unspecified atom stereocenters. The fourth-order valence-electron chi connectivity index (χ4n) is 1.54. The van der Waals surface area contributed by atoms with E-state index in [2.05, 4.69) is 10.3 Å². The number of carbonyl (C=O) groups excluding carboxylic acids is 1. The molecule has 6 nitrogen and oxygen atoms in total. The highest BCUT2D eigenvalue weighted by Crippen LogP contribution is 2.16. The van der Waals surface area contributed by atoms with Gasteiger partial charge in [-0.2, -0.15) is 0 Å². The summed E-state index contributed by atoms with van der Waals surface area (Å²) in [6, 6.07) is 0. The van der Waals surface area contributed by atoms with E-state index in [1.807, 2.05) is 13.8 Å². The summed E-state index contributed by atoms with van der Waals surface area (Å²) in [5, 5.41) is 0. The zero-order valence-electron chi connectivity index (χ0n) is 11.3. The summed E-state index contributed by atoms with van der Waals surface area (Å²) in [6.07, 6.45) is 0. The molecule has 6 heteroatoms. The molecule has 0 aromatic carbocycles. The van der Waals surface area contributed by atoms with Gasteiger partial charge in [-0.3, -0.25) is 15.1 Å². The van der Waals surface area contributed by atoms with Crippen LogP contribution in [0.5, 0.6) is 0 Å². The molecule has 0 rings (SSSR count). The number of amides is 1. The molecule has 0 radical (unpaired) electrons. The summed E-state index contributed by atoms with van der Waals surface area (Å²) in [6.45, 7) is 7.13. The highest BCUT2D eigenvalue weighted by atomic mass is 16.5. The third-order valence-corrected chi connectivity index (χ3v) is 2.59. The first-order chi connectivity index (χ1) is 7.97. The predicted molar refractivity (Wildman–Crippen MR) is 66.3 cm³/mol. The lowest BCUT2D eigenvalue weighted by Crippen LogP contribution is -2.48. The predicted octanol–water partition coefficient (Wildman–Crippen LogP) is -0.403. The minimum atomic E-state index is -0.532. The van der Waals surface area contributed by atoms with Crippen molar-refractivity contribution >= 4 is 5.91 Å². The van der Waals surface area contributed by atoms with E-state index in [0.29, 0.717) is 19.8 Å². The summed E-state index contributed by atoms with van der Waals surface area (Å²) < 4.78 is 10.1. The molecule has 0 aliphatic rings. The van der Waals surface area contributed by atoms with E-state index in [-0.39, 0.29) is 5.91 Å². The van der Waals surface area contributed by atoms with Crippen LogP contribution in [-0.4, -0.2) is 57.9 Å². The van der Waals surface area contributed by atoms with Gasteiger partial charge in [-0.1, -0.05) is 0 Å². The molecule has 0 aliphatic heterocycles. The number of carbonyl (C=O) groups is 1. The van der Waals surface area contributed by atoms with Gasteiger partial charge < -0.3 is 9.47 Å². The van der Waals surface area contributed by atoms with E-state index >= 15 is 0 Å². The molecule has 0 aliphatic carbocycles. The van der Waals surface area contributed by atoms with Gasteiger partial charge >= 0.3 is 0 Å². The number of hydrogen-bond acceptors (Lipinski definition) is 5. The van der Waals surface area contributed by atoms with E-state index in [1.165, 1.54) is 0 Å². The van der Waals surface area contributed by atoms with Gasteiger partial charge in [0.05, 0.1) is 18.6 Å². The molecule has 0 bridgehead atoms. The largest absolute Gasteiger partial charge is 0.383 e. The second-order valence-corrected chi connectivity index (χ2v) is 4.62. The zero-order valence-corrected chi connectivity index (χ0v) is 11.3. The first-order valence-electron chi connectivity index (χ1n) is 5.69. The normalized spacial score (nSPS) is 11.9. The average Bonchev–Trinajstić information content (AvgIpc) is 2.31. The monoisotopic (exact) mass is 247 g/mol. The first-order valence-corrected chi connectivity index (χ1v) is 5.69. The van der Waals surface area contributed by atoms with Crippen molar-refractivity contribution in [3.8, 4) is 0 Å². The molecule has 0 aromatic heterocycles. The van der Waals surface area contributed by atoms with E-state index in [9.17, 15) is 4.79 Å². The van der Waals surface area contributed by atoms with Crippen molar-refractivity contribution in [3.05, 3.63) is 0 Å². The van der Waals surface area contributed by atoms with Crippen LogP contribution in [0.1, 0.15) is 13.8 Å². The van der Waals surface area contributed by atoms with Crippen molar-refractivity contribution in [1.82, 2.24) is 10.3 Å². The van der Waals surface area contributed by atoms with Crippen LogP contribution in [0.15, 0.2) is 0 Å². The van der Waals surface area contributed by atoms with Crippen LogP contribution < -0.4 is 11.3 Å². The number of nitrogens with two attached hydrogens (primary N) is 1. The van der Waals surface area contributed by atoms with Crippen molar-refractivity contribution in [2.45, 2.75) is 13.8 Å². The smallest absolute Gasteiger partial charge is 0.240 e. The van der Waals surface area contributed by atoms with E-state index < -0.39 is 5.41 Å². The number of ether oxygens (including phenoxy) is 2. The molecule has 0 heterocycles. The third-order valence-electron chi connectivity index (χ3n) is 2.59. The zero-order chi connectivity index (χ0) is 13.3. The molecular weight excluding hydrogens is 222 g/mol. The van der Waals surface area contributed by atoms with E-state index in [1.54, 1.807) is 14.2 Å². The molecule has 0 fully saturated rings. The van der Waals surface area contributed by atoms with Gasteiger partial charge in [0, 0.05) is 33.9 Å². The number of nitrogens with one attached hydrogen (secondary N) is 1. The molecule has 3 N–H and O–H groups in total. The van der Waals surface area contributed by atoms with Crippen LogP contribution in [0.4, 0.5) is 0 Å². The maximum absolute atomic E-state index is 11.6. The third kappa shape index (κ3) is 6.58. The number of hydrazine groups is 1. The highest BCUT2D eigenvalue weighted by Gasteiger charge is 2.29. The fraction of sp³-hybridized carbons (Fsp3) is 0.909. The summed E-state index contributed by atoms with van der Waals surface area (Å²) in [5.74, 6) is 5.00. The topological polar surface area (TPSA) is 76.8 Å². The fourth-order valence-corrected chi connectivity index (χ4v) is 1.54. The average molecular weight is 247 g/mol. The molecule has 0 saturated heterocycles. The van der Waals surface area contributed by atoms with E-state index in [0.717, 1.165) is 13.1 Å². The van der Waals surface area contributed by atoms with Crippen LogP contribution in [0, 0.1) is 5.41 Å². The Balaban J connectivity index is 4.33. The maximum Gasteiger partial charge on any atom is 0.240 e. The first kappa shape index (κ1) is 16.3. The number of rotatable bonds is 9. The second-order valence-electron chi connectivity index (χ2n) is 4.62. The second kappa shape index (κ2) is 8.41. The van der Waals surface area contributed by atoms with Crippen molar-refractivity contribution in [2.75, 3.05) is 47.1 Å². The Morgan fingerprint density at radius 1 is 1.24 bits per heavy atom. The lowest BCUT2D eigenvalue weighted by atomic mass is 9.92. The van der Waals surface area contributed by atoms with Crippen LogP contribution >= 0.6 is 0 Å². The molecule has 1 amide bonds. The molecule has 0 spiro atoms. The van der Waals surface area contributed by atoms with Crippen LogP contribution in [0.25, 0.3) is 0 Å². The molecule has 0 saturated carbocycles. The van der Waals surface area contributed by atoms with Gasteiger partial charge in [0.15, 0.2) is 0 Å². The van der Waals surface area contributed by atoms with Crippen molar-refractivity contribution in [2.24, 2.45) is 11.3 Å². The summed E-state index contributed by atoms with van der Waals surface area (Å²) in [7, 11) is 3.32. The minimum Gasteiger partial charge on any atom is -0.383 e. The highest BCUT2D eigenvalue weighted by molar-refractivity contribution is 5.81. The molecular formula is C11H25N3O3. The Morgan fingerprint density at radius 2 is 1.71 bits per heavy atom. The Morgan fingerprint density at radius 3 is 2.06 bits per heavy atom. The Labute approximate surface area is 103 Å². The van der Waals surface area contributed by atoms with Gasteiger partial charge in [-0.05, 0) is 13.8 Å². The minimum absolute atomic E-state index is 0.169. The molecule has 0 aromatic rings. The molecule has 102 valence electrons.